The molecular formula is C66H122F13NO13S2. The summed E-state index contributed by atoms with van der Waals surface area (Å²) in [4.78, 5) is 4.11. The average Bonchev–Trinajstić information content (AvgIpc) is 0.716. The Balaban J connectivity index is -0.000000108. The zero-order chi connectivity index (χ0) is 73.5. The SMILES string of the molecule is C.C.C#CCC.C=CCC.CCCCO.CCCCO.CCCCO.CCCO.CCCOCCO.CCc1ccc(CO)cc1.OC1CCCCC1.OCC(F)(F)C(F)(F)C(F)(F)C(F)(F)C(F)(F)C(F)(F)F.OCCOC1CCCCO1.OCCSSc1ccccn1. The lowest BCUT2D eigenvalue weighted by Gasteiger charge is -2.39. The van der Waals surface area contributed by atoms with Gasteiger partial charge >= 0.3 is 35.8 Å². The molecule has 2 aliphatic rings. The summed E-state index contributed by atoms with van der Waals surface area (Å²) in [5.41, 5.74) is 2.30. The predicted octanol–water partition coefficient (Wildman–Crippen LogP) is 16.1. The summed E-state index contributed by atoms with van der Waals surface area (Å²) in [6, 6.07) is 13.8. The molecule has 1 atom stereocenters. The fraction of sp³-hybridized carbons (Fsp3) is 0.773. The Morgan fingerprint density at radius 1 is 0.579 bits per heavy atom. The summed E-state index contributed by atoms with van der Waals surface area (Å²) in [5, 5.41) is 83.5. The molecule has 2 aromatic rings. The molecule has 2 heterocycles. The number of halogens is 13. The Labute approximate surface area is 568 Å². The van der Waals surface area contributed by atoms with E-state index in [-0.39, 0.29) is 53.7 Å². The smallest absolute Gasteiger partial charge is 0.396 e. The summed E-state index contributed by atoms with van der Waals surface area (Å²) in [7, 11) is 3.20. The van der Waals surface area contributed by atoms with E-state index in [1.807, 2.05) is 69.3 Å². The lowest BCUT2D eigenvalue weighted by Crippen LogP contribution is -2.70. The van der Waals surface area contributed by atoms with Crippen molar-refractivity contribution in [3.8, 4) is 12.3 Å². The highest BCUT2D eigenvalue weighted by molar-refractivity contribution is 8.76. The summed E-state index contributed by atoms with van der Waals surface area (Å²) in [6.07, 6.45) is 21.2. The summed E-state index contributed by atoms with van der Waals surface area (Å²) < 4.78 is 174. The van der Waals surface area contributed by atoms with Crippen LogP contribution in [-0.4, -0.2) is 189 Å². The zero-order valence-electron chi connectivity index (χ0n) is 55.8. The number of unbranched alkanes of at least 4 members (excludes halogenated alkanes) is 3. The maximum atomic E-state index is 12.6. The Morgan fingerprint density at radius 3 is 1.32 bits per heavy atom. The van der Waals surface area contributed by atoms with E-state index in [0.29, 0.717) is 39.6 Å². The van der Waals surface area contributed by atoms with E-state index in [2.05, 4.69) is 52.1 Å². The highest BCUT2D eigenvalue weighted by atomic mass is 33.1. The van der Waals surface area contributed by atoms with Gasteiger partial charge < -0.3 is 65.3 Å². The molecule has 14 nitrogen and oxygen atoms in total. The van der Waals surface area contributed by atoms with E-state index in [1.54, 1.807) is 27.8 Å². The monoisotopic (exact) mass is 1450 g/mol. The third-order valence-corrected chi connectivity index (χ3v) is 13.0. The van der Waals surface area contributed by atoms with E-state index in [4.69, 9.17) is 71.7 Å². The van der Waals surface area contributed by atoms with Crippen molar-refractivity contribution in [2.45, 2.75) is 252 Å². The Bertz CT molecular complexity index is 1780. The Hall–Kier alpha value is -3.06. The molecule has 1 saturated carbocycles. The second-order valence-electron chi connectivity index (χ2n) is 19.0. The number of rotatable bonds is 26. The first-order valence-electron chi connectivity index (χ1n) is 31.1. The maximum Gasteiger partial charge on any atom is 0.460 e. The normalized spacial score (nSPS) is 13.3. The van der Waals surface area contributed by atoms with Gasteiger partial charge in [0.25, 0.3) is 0 Å². The molecular weight excluding hydrogens is 1330 g/mol. The van der Waals surface area contributed by atoms with Gasteiger partial charge in [-0.05, 0) is 111 Å². The van der Waals surface area contributed by atoms with E-state index < -0.39 is 42.4 Å². The van der Waals surface area contributed by atoms with Crippen LogP contribution < -0.4 is 0 Å². The molecule has 572 valence electrons. The van der Waals surface area contributed by atoms with Crippen LogP contribution in [0.2, 0.25) is 0 Å². The number of benzene rings is 1. The van der Waals surface area contributed by atoms with Crippen molar-refractivity contribution in [3.63, 3.8) is 0 Å². The molecule has 0 radical (unpaired) electrons. The molecule has 1 aromatic carbocycles. The van der Waals surface area contributed by atoms with Crippen LogP contribution in [0.3, 0.4) is 0 Å². The molecule has 1 aromatic heterocycles. The van der Waals surface area contributed by atoms with Gasteiger partial charge in [0, 0.05) is 58.0 Å². The van der Waals surface area contributed by atoms with Crippen LogP contribution in [0, 0.1) is 12.3 Å². The molecule has 10 N–H and O–H groups in total. The largest absolute Gasteiger partial charge is 0.460 e. The average molecular weight is 1450 g/mol. The number of pyridine rings is 1. The van der Waals surface area contributed by atoms with Crippen LogP contribution in [0.4, 0.5) is 57.1 Å². The van der Waals surface area contributed by atoms with Gasteiger partial charge in [0.1, 0.15) is 11.6 Å². The number of aryl methyl sites for hydroxylation is 1. The number of hydrogen-bond donors (Lipinski definition) is 10. The fourth-order valence-electron chi connectivity index (χ4n) is 5.21. The molecule has 95 heavy (non-hydrogen) atoms. The lowest BCUT2D eigenvalue weighted by atomic mass is 9.94. The molecule has 0 bridgehead atoms. The fourth-order valence-corrected chi connectivity index (χ4v) is 6.86. The Kier molecular flexibility index (Phi) is 93.3. The number of nitrogens with zero attached hydrogens (tertiary/aromatic N) is 1. The Morgan fingerprint density at radius 2 is 1.03 bits per heavy atom. The number of alkyl halides is 13. The van der Waals surface area contributed by atoms with Gasteiger partial charge in [0.05, 0.1) is 45.7 Å². The summed E-state index contributed by atoms with van der Waals surface area (Å²) >= 11 is 0. The summed E-state index contributed by atoms with van der Waals surface area (Å²) in [6.45, 7) is 20.9. The van der Waals surface area contributed by atoms with Crippen molar-refractivity contribution in [1.29, 1.82) is 0 Å². The number of aromatic nitrogens is 1. The van der Waals surface area contributed by atoms with Crippen molar-refractivity contribution in [2.24, 2.45) is 0 Å². The van der Waals surface area contributed by atoms with Gasteiger partial charge in [-0.3, -0.25) is 0 Å². The molecule has 1 aliphatic heterocycles. The molecule has 1 aliphatic carbocycles. The minimum Gasteiger partial charge on any atom is -0.396 e. The maximum absolute atomic E-state index is 12.6. The van der Waals surface area contributed by atoms with Gasteiger partial charge in [-0.15, -0.1) is 18.9 Å². The van der Waals surface area contributed by atoms with Crippen LogP contribution in [0.15, 0.2) is 66.3 Å². The number of terminal acetylenes is 1. The summed E-state index contributed by atoms with van der Waals surface area (Å²) in [5.74, 6) is -34.1. The highest BCUT2D eigenvalue weighted by Crippen LogP contribution is 2.60. The molecule has 1 unspecified atom stereocenters. The highest BCUT2D eigenvalue weighted by Gasteiger charge is 2.90. The van der Waals surface area contributed by atoms with Crippen molar-refractivity contribution >= 4 is 21.6 Å². The van der Waals surface area contributed by atoms with E-state index in [9.17, 15) is 57.1 Å². The number of allylic oxidation sites excluding steroid dienone is 1. The quantitative estimate of drug-likeness (QED) is 0.0138. The number of aliphatic hydroxyl groups is 10. The van der Waals surface area contributed by atoms with Crippen LogP contribution >= 0.6 is 21.6 Å². The minimum absolute atomic E-state index is 0. The van der Waals surface area contributed by atoms with Crippen molar-refractivity contribution in [1.82, 2.24) is 4.98 Å². The lowest BCUT2D eigenvalue weighted by molar-refractivity contribution is -0.441. The van der Waals surface area contributed by atoms with Crippen molar-refractivity contribution in [2.75, 3.05) is 85.0 Å². The van der Waals surface area contributed by atoms with Gasteiger partial charge in [0.2, 0.25) is 0 Å². The number of ether oxygens (including phenoxy) is 3. The third-order valence-electron chi connectivity index (χ3n) is 10.7. The molecule has 29 heteroatoms. The molecule has 2 fully saturated rings. The molecule has 0 spiro atoms. The second-order valence-corrected chi connectivity index (χ2v) is 21.4. The standard InChI is InChI=1S/C9H12O.C7H3F13O.C7H9NOS2.C7H14O3.C6H12O.C5H12O2.3C4H10O.C4H8.C4H6.C3H8O.2CH4/c1-2-8-3-5-9(7-10)6-4-8;8-2(9,1-21)3(10,11)4(12,13)5(14,15)6(16,17)7(18,19)20;9-5-6-10-11-7-3-1-2-4-8-7;8-4-6-10-7-3-1-2-5-9-7;7-6-4-2-1-3-5-6;1-2-4-7-5-3-6;3*1-2-3-4-5;2*1-3-4-2;1-2-3-4;;/h3-6,10H,2,7H2,1H3;21H,1H2;1-4,9H,5-6H2;7-8H,1-6H2;6-7H,1-5H2;6H,2-5H2,1H3;3*5H,2-4H2,1H3;3H,1,4H2,2H3;1H,4H2,2H3;4H,2-3H2,1H3;2*1H4. The zero-order valence-corrected chi connectivity index (χ0v) is 57.5. The third kappa shape index (κ3) is 65.3. The van der Waals surface area contributed by atoms with Gasteiger partial charge in [-0.2, -0.15) is 57.1 Å². The van der Waals surface area contributed by atoms with Gasteiger partial charge in [0.15, 0.2) is 6.29 Å². The van der Waals surface area contributed by atoms with E-state index in [0.717, 1.165) is 126 Å². The van der Waals surface area contributed by atoms with Crippen LogP contribution in [0.25, 0.3) is 0 Å². The van der Waals surface area contributed by atoms with Crippen LogP contribution in [-0.2, 0) is 27.2 Å². The van der Waals surface area contributed by atoms with E-state index in [1.165, 1.54) is 31.2 Å². The molecule has 4 rings (SSSR count). The van der Waals surface area contributed by atoms with Crippen molar-refractivity contribution < 1.29 is 122 Å². The first-order chi connectivity index (χ1) is 43.8. The predicted molar refractivity (Wildman–Crippen MR) is 360 cm³/mol. The number of hydrogen-bond acceptors (Lipinski definition) is 16. The molecule has 1 saturated heterocycles. The van der Waals surface area contributed by atoms with Crippen LogP contribution in [0.5, 0.6) is 0 Å². The second kappa shape index (κ2) is 78.3. The van der Waals surface area contributed by atoms with Crippen molar-refractivity contribution in [3.05, 3.63) is 72.4 Å². The van der Waals surface area contributed by atoms with Crippen LogP contribution in [0.1, 0.15) is 197 Å². The first-order valence-corrected chi connectivity index (χ1v) is 33.4. The van der Waals surface area contributed by atoms with Gasteiger partial charge in [-0.25, -0.2) is 4.98 Å². The molecule has 0 amide bonds. The first kappa shape index (κ1) is 113. The minimum atomic E-state index is -7.92. The topological polar surface area (TPSA) is 243 Å². The van der Waals surface area contributed by atoms with E-state index >= 15 is 0 Å². The van der Waals surface area contributed by atoms with Gasteiger partial charge in [-0.1, -0.05) is 156 Å². The number of aliphatic hydroxyl groups excluding tert-OH is 10.